The molecule has 1 heterocycles. The molecule has 1 aliphatic heterocycles. The fourth-order valence-corrected chi connectivity index (χ4v) is 5.20. The van der Waals surface area contributed by atoms with Gasteiger partial charge < -0.3 is 9.47 Å². The predicted octanol–water partition coefficient (Wildman–Crippen LogP) is 6.96. The first-order valence-corrected chi connectivity index (χ1v) is 13.1. The summed E-state index contributed by atoms with van der Waals surface area (Å²) in [4.78, 5) is 38.4. The van der Waals surface area contributed by atoms with Gasteiger partial charge in [-0.1, -0.05) is 60.7 Å². The fraction of sp³-hybridized carbons (Fsp3) is 0.133. The molecule has 1 aliphatic rings. The van der Waals surface area contributed by atoms with Crippen molar-refractivity contribution in [3.63, 3.8) is 0 Å². The van der Waals surface area contributed by atoms with Crippen LogP contribution >= 0.6 is 11.8 Å². The summed E-state index contributed by atoms with van der Waals surface area (Å²) in [5, 5.41) is 13.0. The van der Waals surface area contributed by atoms with Gasteiger partial charge in [0.05, 0.1) is 28.5 Å². The number of hydrogen-bond acceptors (Lipinski definition) is 7. The number of hydrogen-bond donors (Lipinski definition) is 0. The van der Waals surface area contributed by atoms with Crippen molar-refractivity contribution < 1.29 is 24.0 Å². The van der Waals surface area contributed by atoms with Crippen LogP contribution in [0.4, 0.5) is 10.5 Å². The van der Waals surface area contributed by atoms with E-state index in [0.29, 0.717) is 34.1 Å². The van der Waals surface area contributed by atoms with Crippen molar-refractivity contribution in [2.24, 2.45) is 0 Å². The lowest BCUT2D eigenvalue weighted by atomic mass is 10.0. The lowest BCUT2D eigenvalue weighted by Crippen LogP contribution is -2.27. The summed E-state index contributed by atoms with van der Waals surface area (Å²) in [6.45, 7) is 2.37. The summed E-state index contributed by atoms with van der Waals surface area (Å²) in [6, 6.07) is 25.2. The van der Waals surface area contributed by atoms with Crippen molar-refractivity contribution in [2.75, 3.05) is 6.61 Å². The minimum atomic E-state index is -0.446. The van der Waals surface area contributed by atoms with E-state index in [4.69, 9.17) is 9.47 Å². The van der Waals surface area contributed by atoms with Gasteiger partial charge in [0.1, 0.15) is 6.61 Å². The number of ether oxygens (including phenoxy) is 2. The van der Waals surface area contributed by atoms with E-state index in [-0.39, 0.29) is 30.0 Å². The van der Waals surface area contributed by atoms with E-state index in [0.717, 1.165) is 28.1 Å². The van der Waals surface area contributed by atoms with Crippen LogP contribution in [0.1, 0.15) is 23.6 Å². The molecule has 0 N–H and O–H groups in total. The van der Waals surface area contributed by atoms with E-state index < -0.39 is 4.92 Å². The minimum absolute atomic E-state index is 0.0103. The summed E-state index contributed by atoms with van der Waals surface area (Å²) in [7, 11) is 0. The normalized spacial score (nSPS) is 14.3. The number of thioether (sulfide) groups is 1. The Morgan fingerprint density at radius 1 is 0.897 bits per heavy atom. The summed E-state index contributed by atoms with van der Waals surface area (Å²) in [5.41, 5.74) is 1.97. The standard InChI is InChI=1S/C30H24N2O6S/c1-2-37-27-16-20(14-15-26(27)38-19-23-9-4-6-13-25(23)32(35)36)17-28-29(33)31(30(34)39-28)18-22-11-7-10-21-8-3-5-12-24(21)22/h3-17H,2,18-19H2,1H3/b28-17+. The first-order chi connectivity index (χ1) is 18.9. The third-order valence-electron chi connectivity index (χ3n) is 6.22. The van der Waals surface area contributed by atoms with E-state index >= 15 is 0 Å². The Kier molecular flexibility index (Phi) is 7.60. The van der Waals surface area contributed by atoms with Crippen LogP contribution in [0.3, 0.4) is 0 Å². The molecule has 9 heteroatoms. The maximum absolute atomic E-state index is 13.2. The molecule has 4 aromatic rings. The Balaban J connectivity index is 1.35. The number of fused-ring (bicyclic) bond motifs is 1. The fourth-order valence-electron chi connectivity index (χ4n) is 4.36. The average molecular weight is 541 g/mol. The number of imide groups is 1. The summed E-state index contributed by atoms with van der Waals surface area (Å²) < 4.78 is 11.6. The number of para-hydroxylation sites is 1. The largest absolute Gasteiger partial charge is 0.490 e. The Morgan fingerprint density at radius 2 is 1.64 bits per heavy atom. The molecule has 4 aromatic carbocycles. The molecule has 0 unspecified atom stereocenters. The molecule has 0 saturated carbocycles. The molecule has 8 nitrogen and oxygen atoms in total. The Labute approximate surface area is 229 Å². The highest BCUT2D eigenvalue weighted by atomic mass is 32.2. The van der Waals surface area contributed by atoms with Gasteiger partial charge in [-0.2, -0.15) is 0 Å². The number of rotatable bonds is 9. The van der Waals surface area contributed by atoms with Crippen LogP contribution in [0.2, 0.25) is 0 Å². The van der Waals surface area contributed by atoms with Crippen LogP contribution in [0.5, 0.6) is 11.5 Å². The molecule has 0 atom stereocenters. The van der Waals surface area contributed by atoms with Crippen molar-refractivity contribution >= 4 is 45.4 Å². The molecule has 196 valence electrons. The highest BCUT2D eigenvalue weighted by molar-refractivity contribution is 8.18. The van der Waals surface area contributed by atoms with Gasteiger partial charge in [0.15, 0.2) is 11.5 Å². The van der Waals surface area contributed by atoms with Crippen molar-refractivity contribution in [2.45, 2.75) is 20.1 Å². The maximum atomic E-state index is 13.2. The predicted molar refractivity (Wildman–Crippen MR) is 151 cm³/mol. The van der Waals surface area contributed by atoms with E-state index in [1.165, 1.54) is 11.0 Å². The average Bonchev–Trinajstić information content (AvgIpc) is 3.20. The maximum Gasteiger partial charge on any atom is 0.293 e. The lowest BCUT2D eigenvalue weighted by Gasteiger charge is -2.14. The van der Waals surface area contributed by atoms with Gasteiger partial charge in [0, 0.05) is 6.07 Å². The van der Waals surface area contributed by atoms with Crippen molar-refractivity contribution in [3.05, 3.63) is 117 Å². The van der Waals surface area contributed by atoms with Crippen LogP contribution in [0, 0.1) is 10.1 Å². The first-order valence-electron chi connectivity index (χ1n) is 12.3. The lowest BCUT2D eigenvalue weighted by molar-refractivity contribution is -0.385. The molecule has 39 heavy (non-hydrogen) atoms. The monoisotopic (exact) mass is 540 g/mol. The number of benzene rings is 4. The molecule has 0 bridgehead atoms. The molecule has 1 fully saturated rings. The van der Waals surface area contributed by atoms with Crippen LogP contribution in [-0.2, 0) is 17.9 Å². The summed E-state index contributed by atoms with van der Waals surface area (Å²) >= 11 is 0.899. The Bertz CT molecular complexity index is 1610. The molecular weight excluding hydrogens is 516 g/mol. The van der Waals surface area contributed by atoms with Gasteiger partial charge in [-0.15, -0.1) is 0 Å². The summed E-state index contributed by atoms with van der Waals surface area (Å²) in [6.07, 6.45) is 1.66. The molecule has 0 spiro atoms. The summed E-state index contributed by atoms with van der Waals surface area (Å²) in [5.74, 6) is 0.489. The van der Waals surface area contributed by atoms with E-state index in [2.05, 4.69) is 0 Å². The number of nitro groups is 1. The highest BCUT2D eigenvalue weighted by Crippen LogP contribution is 2.36. The third-order valence-corrected chi connectivity index (χ3v) is 7.13. The molecule has 5 rings (SSSR count). The van der Waals surface area contributed by atoms with Gasteiger partial charge in [0.25, 0.3) is 16.8 Å². The van der Waals surface area contributed by atoms with Crippen LogP contribution < -0.4 is 9.47 Å². The number of nitrogens with zero attached hydrogens (tertiary/aromatic N) is 2. The number of nitro benzene ring substituents is 1. The Morgan fingerprint density at radius 3 is 2.46 bits per heavy atom. The highest BCUT2D eigenvalue weighted by Gasteiger charge is 2.35. The second-order valence-corrected chi connectivity index (χ2v) is 9.71. The molecule has 0 aliphatic carbocycles. The van der Waals surface area contributed by atoms with E-state index in [1.807, 2.05) is 49.4 Å². The molecule has 2 amide bonds. The van der Waals surface area contributed by atoms with Gasteiger partial charge in [-0.3, -0.25) is 24.6 Å². The quantitative estimate of drug-likeness (QED) is 0.128. The third kappa shape index (κ3) is 5.63. The van der Waals surface area contributed by atoms with Crippen LogP contribution in [0.15, 0.2) is 89.8 Å². The van der Waals surface area contributed by atoms with Crippen molar-refractivity contribution in [1.82, 2.24) is 4.90 Å². The molecule has 0 radical (unpaired) electrons. The van der Waals surface area contributed by atoms with E-state index in [1.54, 1.807) is 42.5 Å². The van der Waals surface area contributed by atoms with Gasteiger partial charge in [0.2, 0.25) is 0 Å². The van der Waals surface area contributed by atoms with Gasteiger partial charge >= 0.3 is 0 Å². The van der Waals surface area contributed by atoms with Crippen LogP contribution in [0.25, 0.3) is 16.8 Å². The minimum Gasteiger partial charge on any atom is -0.490 e. The molecule has 0 aromatic heterocycles. The second kappa shape index (κ2) is 11.4. The number of carbonyl (C=O) groups is 2. The van der Waals surface area contributed by atoms with Crippen LogP contribution in [-0.4, -0.2) is 27.6 Å². The Hall–Kier alpha value is -4.63. The zero-order valence-corrected chi connectivity index (χ0v) is 21.9. The molecule has 1 saturated heterocycles. The second-order valence-electron chi connectivity index (χ2n) is 8.72. The molecular formula is C30H24N2O6S. The van der Waals surface area contributed by atoms with Gasteiger partial charge in [-0.05, 0) is 64.9 Å². The zero-order chi connectivity index (χ0) is 27.4. The van der Waals surface area contributed by atoms with Gasteiger partial charge in [-0.25, -0.2) is 0 Å². The zero-order valence-electron chi connectivity index (χ0n) is 21.0. The number of amides is 2. The smallest absolute Gasteiger partial charge is 0.293 e. The van der Waals surface area contributed by atoms with E-state index in [9.17, 15) is 19.7 Å². The SMILES string of the molecule is CCOc1cc(/C=C2/SC(=O)N(Cc3cccc4ccccc34)C2=O)ccc1OCc1ccccc1[N+](=O)[O-]. The number of carbonyl (C=O) groups excluding carboxylic acids is 2. The topological polar surface area (TPSA) is 99.0 Å². The first kappa shape index (κ1) is 26.0. The van der Waals surface area contributed by atoms with Crippen molar-refractivity contribution in [3.8, 4) is 11.5 Å². The van der Waals surface area contributed by atoms with Crippen molar-refractivity contribution in [1.29, 1.82) is 0 Å².